The highest BCUT2D eigenvalue weighted by atomic mass is 16.4. The molecule has 14 heavy (non-hydrogen) atoms. The fraction of sp³-hybridized carbons (Fsp3) is 0.571. The molecule has 0 saturated heterocycles. The third-order valence-corrected chi connectivity index (χ3v) is 1.42. The summed E-state index contributed by atoms with van der Waals surface area (Å²) in [5.41, 5.74) is 5.28. The molecule has 0 aromatic rings. The quantitative estimate of drug-likeness (QED) is 0.411. The minimum Gasteiger partial charge on any atom is -0.481 e. The molecule has 0 saturated carbocycles. The van der Waals surface area contributed by atoms with Crippen molar-refractivity contribution in [2.75, 3.05) is 6.54 Å². The Hall–Kier alpha value is -1.63. The van der Waals surface area contributed by atoms with Gasteiger partial charge in [-0.25, -0.2) is 0 Å². The van der Waals surface area contributed by atoms with Crippen LogP contribution in [0.15, 0.2) is 0 Å². The molecule has 0 heterocycles. The first-order valence-corrected chi connectivity index (χ1v) is 3.90. The SMILES string of the molecule is N[C@H](CCC(=O)O)C(=O)NCC(=O)O. The van der Waals surface area contributed by atoms with Crippen molar-refractivity contribution in [1.82, 2.24) is 5.32 Å². The number of hydrogen-bond donors (Lipinski definition) is 4. The summed E-state index contributed by atoms with van der Waals surface area (Å²) in [6.45, 7) is -0.514. The molecule has 0 aromatic heterocycles. The van der Waals surface area contributed by atoms with Gasteiger partial charge in [0.25, 0.3) is 0 Å². The average Bonchev–Trinajstić information content (AvgIpc) is 2.09. The molecule has 0 spiro atoms. The molecule has 80 valence electrons. The summed E-state index contributed by atoms with van der Waals surface area (Å²) in [7, 11) is 0. The van der Waals surface area contributed by atoms with Gasteiger partial charge in [-0.3, -0.25) is 14.4 Å². The van der Waals surface area contributed by atoms with E-state index in [0.717, 1.165) is 0 Å². The normalized spacial score (nSPS) is 11.8. The summed E-state index contributed by atoms with van der Waals surface area (Å²) >= 11 is 0. The van der Waals surface area contributed by atoms with E-state index in [1.54, 1.807) is 0 Å². The lowest BCUT2D eigenvalue weighted by Gasteiger charge is -2.09. The third kappa shape index (κ3) is 5.95. The van der Waals surface area contributed by atoms with E-state index >= 15 is 0 Å². The Balaban J connectivity index is 3.76. The van der Waals surface area contributed by atoms with Gasteiger partial charge in [-0.2, -0.15) is 0 Å². The van der Waals surface area contributed by atoms with Crippen LogP contribution in [0.4, 0.5) is 0 Å². The maximum Gasteiger partial charge on any atom is 0.322 e. The van der Waals surface area contributed by atoms with Crippen LogP contribution in [0.2, 0.25) is 0 Å². The predicted molar refractivity (Wildman–Crippen MR) is 45.5 cm³/mol. The second-order valence-corrected chi connectivity index (χ2v) is 2.65. The van der Waals surface area contributed by atoms with Gasteiger partial charge >= 0.3 is 11.9 Å². The van der Waals surface area contributed by atoms with E-state index in [-0.39, 0.29) is 12.8 Å². The molecule has 7 nitrogen and oxygen atoms in total. The summed E-state index contributed by atoms with van der Waals surface area (Å²) in [5, 5.41) is 18.5. The molecule has 0 bridgehead atoms. The molecule has 1 amide bonds. The van der Waals surface area contributed by atoms with Gasteiger partial charge in [0, 0.05) is 6.42 Å². The second kappa shape index (κ2) is 5.92. The molecule has 0 unspecified atom stereocenters. The van der Waals surface area contributed by atoms with Crippen LogP contribution in [0.3, 0.4) is 0 Å². The summed E-state index contributed by atoms with van der Waals surface area (Å²) < 4.78 is 0. The smallest absolute Gasteiger partial charge is 0.322 e. The van der Waals surface area contributed by atoms with Crippen LogP contribution in [-0.4, -0.2) is 40.6 Å². The van der Waals surface area contributed by atoms with E-state index in [1.807, 2.05) is 5.32 Å². The zero-order valence-electron chi connectivity index (χ0n) is 7.40. The van der Waals surface area contributed by atoms with Gasteiger partial charge in [-0.1, -0.05) is 0 Å². The van der Waals surface area contributed by atoms with Crippen LogP contribution < -0.4 is 11.1 Å². The standard InChI is InChI=1S/C7H12N2O5/c8-4(1-2-5(10)11)7(14)9-3-6(12)13/h4H,1-3,8H2,(H,9,14)(H,10,11)(H,12,13)/t4-/m1/s1. The van der Waals surface area contributed by atoms with E-state index in [9.17, 15) is 14.4 Å². The highest BCUT2D eigenvalue weighted by molar-refractivity contribution is 5.85. The van der Waals surface area contributed by atoms with E-state index in [4.69, 9.17) is 15.9 Å². The lowest BCUT2D eigenvalue weighted by atomic mass is 10.1. The van der Waals surface area contributed by atoms with Crippen molar-refractivity contribution in [3.8, 4) is 0 Å². The maximum atomic E-state index is 11.0. The molecular formula is C7H12N2O5. The molecule has 0 aliphatic carbocycles. The highest BCUT2D eigenvalue weighted by Gasteiger charge is 2.14. The molecular weight excluding hydrogens is 192 g/mol. The lowest BCUT2D eigenvalue weighted by molar-refractivity contribution is -0.139. The molecule has 5 N–H and O–H groups in total. The number of carbonyl (C=O) groups is 3. The summed E-state index contributed by atoms with van der Waals surface area (Å²) in [5.74, 6) is -2.89. The van der Waals surface area contributed by atoms with Crippen molar-refractivity contribution in [2.45, 2.75) is 18.9 Å². The molecule has 7 heteroatoms. The van der Waals surface area contributed by atoms with E-state index in [2.05, 4.69) is 0 Å². The zero-order valence-corrected chi connectivity index (χ0v) is 7.40. The molecule has 0 aliphatic heterocycles. The fourth-order valence-corrected chi connectivity index (χ4v) is 0.704. The van der Waals surface area contributed by atoms with Crippen molar-refractivity contribution < 1.29 is 24.6 Å². The first-order chi connectivity index (χ1) is 6.43. The van der Waals surface area contributed by atoms with Crippen molar-refractivity contribution in [3.63, 3.8) is 0 Å². The first kappa shape index (κ1) is 12.4. The number of carboxylic acid groups (broad SMARTS) is 2. The number of carboxylic acids is 2. The minimum atomic E-state index is -1.18. The van der Waals surface area contributed by atoms with Gasteiger partial charge in [0.15, 0.2) is 0 Å². The Morgan fingerprint density at radius 1 is 1.21 bits per heavy atom. The maximum absolute atomic E-state index is 11.0. The van der Waals surface area contributed by atoms with Gasteiger partial charge in [0.1, 0.15) is 6.54 Å². The van der Waals surface area contributed by atoms with Gasteiger partial charge in [-0.05, 0) is 6.42 Å². The van der Waals surface area contributed by atoms with Crippen LogP contribution in [0.25, 0.3) is 0 Å². The van der Waals surface area contributed by atoms with Gasteiger partial charge in [-0.15, -0.1) is 0 Å². The largest absolute Gasteiger partial charge is 0.481 e. The van der Waals surface area contributed by atoms with Crippen LogP contribution >= 0.6 is 0 Å². The molecule has 0 aromatic carbocycles. The average molecular weight is 204 g/mol. The summed E-state index contributed by atoms with van der Waals surface area (Å²) in [6.07, 6.45) is -0.234. The van der Waals surface area contributed by atoms with Crippen LogP contribution in [0, 0.1) is 0 Å². The molecule has 0 fully saturated rings. The summed E-state index contributed by atoms with van der Waals surface area (Å²) in [4.78, 5) is 31.1. The van der Waals surface area contributed by atoms with Crippen LogP contribution in [0.5, 0.6) is 0 Å². The lowest BCUT2D eigenvalue weighted by Crippen LogP contribution is -2.42. The number of aliphatic carboxylic acids is 2. The Bertz CT molecular complexity index is 240. The van der Waals surface area contributed by atoms with E-state index in [0.29, 0.717) is 0 Å². The van der Waals surface area contributed by atoms with Crippen molar-refractivity contribution in [2.24, 2.45) is 5.73 Å². The Kier molecular flexibility index (Phi) is 5.23. The zero-order chi connectivity index (χ0) is 11.1. The number of amides is 1. The van der Waals surface area contributed by atoms with Crippen molar-refractivity contribution in [1.29, 1.82) is 0 Å². The minimum absolute atomic E-state index is 0.0131. The van der Waals surface area contributed by atoms with Gasteiger partial charge < -0.3 is 21.3 Å². The van der Waals surface area contributed by atoms with E-state index in [1.165, 1.54) is 0 Å². The molecule has 0 aliphatic rings. The second-order valence-electron chi connectivity index (χ2n) is 2.65. The van der Waals surface area contributed by atoms with Crippen LogP contribution in [-0.2, 0) is 14.4 Å². The first-order valence-electron chi connectivity index (χ1n) is 3.90. The predicted octanol–water partition coefficient (Wildman–Crippen LogP) is -1.62. The molecule has 0 rings (SSSR count). The number of carbonyl (C=O) groups excluding carboxylic acids is 1. The monoisotopic (exact) mass is 204 g/mol. The topological polar surface area (TPSA) is 130 Å². The number of hydrogen-bond acceptors (Lipinski definition) is 4. The molecule has 0 radical (unpaired) electrons. The summed E-state index contributed by atoms with van der Waals surface area (Å²) in [6, 6.07) is -0.981. The Morgan fingerprint density at radius 3 is 2.21 bits per heavy atom. The Morgan fingerprint density at radius 2 is 1.79 bits per heavy atom. The number of nitrogens with one attached hydrogen (secondary N) is 1. The molecule has 1 atom stereocenters. The fourth-order valence-electron chi connectivity index (χ4n) is 0.704. The van der Waals surface area contributed by atoms with E-state index < -0.39 is 30.4 Å². The number of nitrogens with two attached hydrogens (primary N) is 1. The van der Waals surface area contributed by atoms with Crippen LogP contribution in [0.1, 0.15) is 12.8 Å². The number of rotatable bonds is 6. The van der Waals surface area contributed by atoms with Crippen molar-refractivity contribution in [3.05, 3.63) is 0 Å². The third-order valence-electron chi connectivity index (χ3n) is 1.42. The van der Waals surface area contributed by atoms with Gasteiger partial charge in [0.2, 0.25) is 5.91 Å². The Labute approximate surface area is 79.9 Å². The van der Waals surface area contributed by atoms with Crippen molar-refractivity contribution >= 4 is 17.8 Å². The highest BCUT2D eigenvalue weighted by Crippen LogP contribution is 1.94. The van der Waals surface area contributed by atoms with Gasteiger partial charge in [0.05, 0.1) is 6.04 Å².